The molecule has 7 heteroatoms. The van der Waals surface area contributed by atoms with Gasteiger partial charge in [-0.05, 0) is 60.7 Å². The van der Waals surface area contributed by atoms with Crippen LogP contribution >= 0.6 is 11.6 Å². The molecule has 0 aliphatic heterocycles. The van der Waals surface area contributed by atoms with Crippen molar-refractivity contribution in [2.24, 2.45) is 0 Å². The Hall–Kier alpha value is -3.51. The van der Waals surface area contributed by atoms with E-state index in [1.165, 1.54) is 7.11 Å². The van der Waals surface area contributed by atoms with E-state index in [0.717, 1.165) is 5.56 Å². The van der Waals surface area contributed by atoms with Gasteiger partial charge in [0, 0.05) is 21.8 Å². The quantitative estimate of drug-likeness (QED) is 0.477. The predicted molar refractivity (Wildman–Crippen MR) is 112 cm³/mol. The minimum Gasteiger partial charge on any atom is -0.493 e. The van der Waals surface area contributed by atoms with E-state index in [9.17, 15) is 4.79 Å². The van der Waals surface area contributed by atoms with Crippen LogP contribution in [-0.4, -0.2) is 25.1 Å². The van der Waals surface area contributed by atoms with Crippen LogP contribution in [0.15, 0.2) is 65.1 Å². The number of amides is 1. The summed E-state index contributed by atoms with van der Waals surface area (Å²) >= 11 is 5.99. The molecule has 0 atom stereocenters. The van der Waals surface area contributed by atoms with Crippen LogP contribution in [0.1, 0.15) is 10.4 Å². The summed E-state index contributed by atoms with van der Waals surface area (Å²) in [6.07, 6.45) is 0. The van der Waals surface area contributed by atoms with Gasteiger partial charge < -0.3 is 19.2 Å². The van der Waals surface area contributed by atoms with Crippen molar-refractivity contribution in [1.82, 2.24) is 4.98 Å². The molecule has 29 heavy (non-hydrogen) atoms. The fourth-order valence-electron chi connectivity index (χ4n) is 2.90. The summed E-state index contributed by atoms with van der Waals surface area (Å²) in [5, 5.41) is 3.46. The molecule has 1 aromatic heterocycles. The van der Waals surface area contributed by atoms with Gasteiger partial charge in [-0.1, -0.05) is 11.6 Å². The Morgan fingerprint density at radius 1 is 0.966 bits per heavy atom. The van der Waals surface area contributed by atoms with E-state index >= 15 is 0 Å². The van der Waals surface area contributed by atoms with Crippen molar-refractivity contribution in [3.63, 3.8) is 0 Å². The fourth-order valence-corrected chi connectivity index (χ4v) is 3.07. The van der Waals surface area contributed by atoms with E-state index in [2.05, 4.69) is 10.3 Å². The molecule has 0 bridgehead atoms. The maximum Gasteiger partial charge on any atom is 0.255 e. The minimum atomic E-state index is -0.254. The summed E-state index contributed by atoms with van der Waals surface area (Å²) in [4.78, 5) is 17.0. The Bertz CT molecular complexity index is 1190. The number of benzene rings is 3. The Morgan fingerprint density at radius 2 is 1.72 bits per heavy atom. The SMILES string of the molecule is COc1ccc(C(=O)Nc2ccc(-c3nc4cc(Cl)ccc4o3)cc2)cc1OC. The molecule has 6 nitrogen and oxygen atoms in total. The number of nitrogens with one attached hydrogen (secondary N) is 1. The predicted octanol–water partition coefficient (Wildman–Crippen LogP) is 5.42. The molecule has 4 rings (SSSR count). The second-order valence-corrected chi connectivity index (χ2v) is 6.67. The summed E-state index contributed by atoms with van der Waals surface area (Å²) in [5.41, 5.74) is 3.25. The highest BCUT2D eigenvalue weighted by molar-refractivity contribution is 6.31. The number of anilines is 1. The number of hydrogen-bond acceptors (Lipinski definition) is 5. The van der Waals surface area contributed by atoms with Crippen LogP contribution in [0.5, 0.6) is 11.5 Å². The summed E-state index contributed by atoms with van der Waals surface area (Å²) in [6.45, 7) is 0. The number of nitrogens with zero attached hydrogens (tertiary/aromatic N) is 1. The number of halogens is 1. The number of carbonyl (C=O) groups excluding carboxylic acids is 1. The van der Waals surface area contributed by atoms with Crippen LogP contribution in [0, 0.1) is 0 Å². The van der Waals surface area contributed by atoms with E-state index in [0.29, 0.717) is 44.8 Å². The smallest absolute Gasteiger partial charge is 0.255 e. The number of hydrogen-bond donors (Lipinski definition) is 1. The number of aromatic nitrogens is 1. The van der Waals surface area contributed by atoms with Crippen molar-refractivity contribution >= 4 is 34.3 Å². The molecule has 1 amide bonds. The van der Waals surface area contributed by atoms with Gasteiger partial charge in [-0.25, -0.2) is 4.98 Å². The van der Waals surface area contributed by atoms with E-state index in [-0.39, 0.29) is 5.91 Å². The number of ether oxygens (including phenoxy) is 2. The zero-order chi connectivity index (χ0) is 20.4. The van der Waals surface area contributed by atoms with Crippen molar-refractivity contribution in [2.75, 3.05) is 19.5 Å². The molecular formula is C22H17ClN2O4. The summed E-state index contributed by atoms with van der Waals surface area (Å²) < 4.78 is 16.2. The zero-order valence-corrected chi connectivity index (χ0v) is 16.5. The molecule has 0 unspecified atom stereocenters. The largest absolute Gasteiger partial charge is 0.493 e. The number of carbonyl (C=O) groups is 1. The Labute approximate surface area is 172 Å². The molecular weight excluding hydrogens is 392 g/mol. The van der Waals surface area contributed by atoms with Gasteiger partial charge in [0.2, 0.25) is 5.89 Å². The summed E-state index contributed by atoms with van der Waals surface area (Å²) in [6, 6.07) is 17.5. The molecule has 1 heterocycles. The molecule has 0 saturated heterocycles. The first kappa shape index (κ1) is 18.8. The zero-order valence-electron chi connectivity index (χ0n) is 15.7. The van der Waals surface area contributed by atoms with Gasteiger partial charge in [0.25, 0.3) is 5.91 Å². The Morgan fingerprint density at radius 3 is 2.45 bits per heavy atom. The number of fused-ring (bicyclic) bond motifs is 1. The normalized spacial score (nSPS) is 10.7. The highest BCUT2D eigenvalue weighted by Crippen LogP contribution is 2.29. The van der Waals surface area contributed by atoms with E-state index < -0.39 is 0 Å². The lowest BCUT2D eigenvalue weighted by atomic mass is 10.1. The first-order valence-corrected chi connectivity index (χ1v) is 9.15. The van der Waals surface area contributed by atoms with E-state index in [1.807, 2.05) is 12.1 Å². The lowest BCUT2D eigenvalue weighted by molar-refractivity contribution is 0.102. The van der Waals surface area contributed by atoms with Crippen LogP contribution in [0.4, 0.5) is 5.69 Å². The van der Waals surface area contributed by atoms with Crippen molar-refractivity contribution in [2.45, 2.75) is 0 Å². The number of methoxy groups -OCH3 is 2. The molecule has 0 radical (unpaired) electrons. The molecule has 0 fully saturated rings. The van der Waals surface area contributed by atoms with Crippen molar-refractivity contribution in [1.29, 1.82) is 0 Å². The number of oxazole rings is 1. The van der Waals surface area contributed by atoms with Gasteiger partial charge in [0.1, 0.15) is 5.52 Å². The average Bonchev–Trinajstić information content (AvgIpc) is 3.16. The first-order valence-electron chi connectivity index (χ1n) is 8.77. The average molecular weight is 409 g/mol. The van der Waals surface area contributed by atoms with Gasteiger partial charge in [-0.3, -0.25) is 4.79 Å². The highest BCUT2D eigenvalue weighted by atomic mass is 35.5. The Kier molecular flexibility index (Phi) is 5.10. The second-order valence-electron chi connectivity index (χ2n) is 6.23. The van der Waals surface area contributed by atoms with Gasteiger partial charge in [0.15, 0.2) is 17.1 Å². The standard InChI is InChI=1S/C22H17ClN2O4/c1-27-19-9-5-14(11-20(19)28-2)21(26)24-16-7-3-13(4-8-16)22-25-17-12-15(23)6-10-18(17)29-22/h3-12H,1-2H3,(H,24,26). The highest BCUT2D eigenvalue weighted by Gasteiger charge is 2.12. The van der Waals surface area contributed by atoms with Crippen molar-refractivity contribution < 1.29 is 18.7 Å². The molecule has 4 aromatic rings. The third kappa shape index (κ3) is 3.88. The van der Waals surface area contributed by atoms with E-state index in [1.54, 1.807) is 55.6 Å². The molecule has 146 valence electrons. The minimum absolute atomic E-state index is 0.254. The summed E-state index contributed by atoms with van der Waals surface area (Å²) in [7, 11) is 3.07. The topological polar surface area (TPSA) is 73.6 Å². The lowest BCUT2D eigenvalue weighted by Crippen LogP contribution is -2.12. The van der Waals surface area contributed by atoms with Gasteiger partial charge in [0.05, 0.1) is 14.2 Å². The van der Waals surface area contributed by atoms with Crippen LogP contribution < -0.4 is 14.8 Å². The van der Waals surface area contributed by atoms with Crippen LogP contribution in [0.3, 0.4) is 0 Å². The molecule has 0 spiro atoms. The Balaban J connectivity index is 1.52. The summed E-state index contributed by atoms with van der Waals surface area (Å²) in [5.74, 6) is 1.29. The maximum atomic E-state index is 12.5. The molecule has 0 aliphatic carbocycles. The fraction of sp³-hybridized carbons (Fsp3) is 0.0909. The third-order valence-electron chi connectivity index (χ3n) is 4.39. The van der Waals surface area contributed by atoms with Crippen molar-refractivity contribution in [3.8, 4) is 23.0 Å². The first-order chi connectivity index (χ1) is 14.1. The van der Waals surface area contributed by atoms with Gasteiger partial charge in [-0.15, -0.1) is 0 Å². The molecule has 1 N–H and O–H groups in total. The van der Waals surface area contributed by atoms with Crippen molar-refractivity contribution in [3.05, 3.63) is 71.2 Å². The number of rotatable bonds is 5. The van der Waals surface area contributed by atoms with Gasteiger partial charge >= 0.3 is 0 Å². The molecule has 0 saturated carbocycles. The monoisotopic (exact) mass is 408 g/mol. The van der Waals surface area contributed by atoms with Crippen LogP contribution in [-0.2, 0) is 0 Å². The van der Waals surface area contributed by atoms with Crippen LogP contribution in [0.25, 0.3) is 22.6 Å². The molecule has 0 aliphatic rings. The van der Waals surface area contributed by atoms with Crippen LogP contribution in [0.2, 0.25) is 5.02 Å². The van der Waals surface area contributed by atoms with E-state index in [4.69, 9.17) is 25.5 Å². The second kappa shape index (κ2) is 7.85. The molecule has 3 aromatic carbocycles. The maximum absolute atomic E-state index is 12.5. The lowest BCUT2D eigenvalue weighted by Gasteiger charge is -2.10. The van der Waals surface area contributed by atoms with Gasteiger partial charge in [-0.2, -0.15) is 0 Å². The third-order valence-corrected chi connectivity index (χ3v) is 4.62.